The molecule has 0 aromatic heterocycles. The summed E-state index contributed by atoms with van der Waals surface area (Å²) in [5.41, 5.74) is 1.21. The molecule has 154 valence electrons. The van der Waals surface area contributed by atoms with Crippen molar-refractivity contribution in [1.29, 1.82) is 0 Å². The molecule has 2 rings (SSSR count). The zero-order valence-corrected chi connectivity index (χ0v) is 16.6. The van der Waals surface area contributed by atoms with E-state index in [-0.39, 0.29) is 24.5 Å². The number of aliphatic hydroxyl groups is 1. The zero-order valence-electron chi connectivity index (χ0n) is 16.6. The van der Waals surface area contributed by atoms with Crippen molar-refractivity contribution in [1.82, 2.24) is 0 Å². The molecule has 0 saturated carbocycles. The lowest BCUT2D eigenvalue weighted by atomic mass is 9.85. The first kappa shape index (κ1) is 21.9. The summed E-state index contributed by atoms with van der Waals surface area (Å²) in [6.07, 6.45) is 3.58. The van der Waals surface area contributed by atoms with Crippen LogP contribution in [0.25, 0.3) is 0 Å². The maximum atomic E-state index is 12.5. The average Bonchev–Trinajstić information content (AvgIpc) is 2.97. The SMILES string of the molecule is C=C1C(=O)O[C@@H]2/C=C(/CO)CC/C=C(/C(=O)OC)C[C@@H](OC(=O)[C@@H](C)CC)[C@@H]12. The van der Waals surface area contributed by atoms with E-state index in [1.165, 1.54) is 7.11 Å². The van der Waals surface area contributed by atoms with Crippen LogP contribution in [0.3, 0.4) is 0 Å². The minimum Gasteiger partial charge on any atom is -0.466 e. The van der Waals surface area contributed by atoms with Gasteiger partial charge in [0.05, 0.1) is 25.6 Å². The Kier molecular flexibility index (Phi) is 7.57. The van der Waals surface area contributed by atoms with Gasteiger partial charge in [-0.05, 0) is 30.9 Å². The molecule has 0 amide bonds. The molecule has 1 aliphatic heterocycles. The van der Waals surface area contributed by atoms with Crippen LogP contribution >= 0.6 is 0 Å². The van der Waals surface area contributed by atoms with E-state index in [0.717, 1.165) is 0 Å². The maximum absolute atomic E-state index is 12.5. The van der Waals surface area contributed by atoms with Crippen LogP contribution in [0.4, 0.5) is 0 Å². The van der Waals surface area contributed by atoms with Gasteiger partial charge in [-0.1, -0.05) is 26.5 Å². The van der Waals surface area contributed by atoms with Crippen molar-refractivity contribution in [3.8, 4) is 0 Å². The van der Waals surface area contributed by atoms with Crippen LogP contribution in [0.15, 0.2) is 35.5 Å². The summed E-state index contributed by atoms with van der Waals surface area (Å²) in [5.74, 6) is -2.48. The van der Waals surface area contributed by atoms with Gasteiger partial charge in [-0.2, -0.15) is 0 Å². The highest BCUT2D eigenvalue weighted by atomic mass is 16.6. The lowest BCUT2D eigenvalue weighted by molar-refractivity contribution is -0.157. The van der Waals surface area contributed by atoms with Crippen LogP contribution in [0.1, 0.15) is 39.5 Å². The standard InChI is InChI=1S/C21H28O7/c1-5-12(2)19(23)27-17-10-15(21(25)26-4)8-6-7-14(11-22)9-16-18(17)13(3)20(24)28-16/h8-9,12,16-18,22H,3,5-7,10-11H2,1-2,4H3/b14-9+,15-8+/t12-,16+,17+,18-/m0/s1. The first-order valence-corrected chi connectivity index (χ1v) is 9.50. The Bertz CT molecular complexity index is 704. The second-order valence-corrected chi connectivity index (χ2v) is 7.15. The molecule has 0 bridgehead atoms. The number of aliphatic hydroxyl groups excluding tert-OH is 1. The summed E-state index contributed by atoms with van der Waals surface area (Å²) >= 11 is 0. The number of hydrogen-bond acceptors (Lipinski definition) is 7. The average molecular weight is 392 g/mol. The Morgan fingerprint density at radius 2 is 2.14 bits per heavy atom. The van der Waals surface area contributed by atoms with Crippen molar-refractivity contribution >= 4 is 17.9 Å². The van der Waals surface area contributed by atoms with Gasteiger partial charge in [0.2, 0.25) is 0 Å². The second kappa shape index (κ2) is 9.68. The molecule has 7 heteroatoms. The molecule has 4 atom stereocenters. The third-order valence-corrected chi connectivity index (χ3v) is 5.27. The molecule has 1 heterocycles. The smallest absolute Gasteiger partial charge is 0.334 e. The predicted octanol–water partition coefficient (Wildman–Crippen LogP) is 2.24. The number of esters is 3. The molecule has 28 heavy (non-hydrogen) atoms. The number of ether oxygens (including phenoxy) is 3. The molecule has 7 nitrogen and oxygen atoms in total. The highest BCUT2D eigenvalue weighted by molar-refractivity contribution is 5.92. The first-order chi connectivity index (χ1) is 13.3. The Hall–Kier alpha value is -2.41. The van der Waals surface area contributed by atoms with Crippen molar-refractivity contribution in [2.24, 2.45) is 11.8 Å². The third kappa shape index (κ3) is 4.90. The molecule has 0 unspecified atom stereocenters. The van der Waals surface area contributed by atoms with Crippen LogP contribution < -0.4 is 0 Å². The number of allylic oxidation sites excluding steroid dienone is 1. The first-order valence-electron chi connectivity index (χ1n) is 9.50. The fourth-order valence-corrected chi connectivity index (χ4v) is 3.33. The molecule has 1 N–H and O–H groups in total. The largest absolute Gasteiger partial charge is 0.466 e. The fraction of sp³-hybridized carbons (Fsp3) is 0.571. The van der Waals surface area contributed by atoms with E-state index >= 15 is 0 Å². The monoisotopic (exact) mass is 392 g/mol. The van der Waals surface area contributed by atoms with E-state index in [2.05, 4.69) is 6.58 Å². The van der Waals surface area contributed by atoms with Gasteiger partial charge in [-0.3, -0.25) is 4.79 Å². The molecular weight excluding hydrogens is 364 g/mol. The fourth-order valence-electron chi connectivity index (χ4n) is 3.33. The number of hydrogen-bond donors (Lipinski definition) is 1. The van der Waals surface area contributed by atoms with Crippen molar-refractivity contribution in [3.05, 3.63) is 35.5 Å². The van der Waals surface area contributed by atoms with Crippen LogP contribution in [-0.4, -0.2) is 48.9 Å². The van der Waals surface area contributed by atoms with Crippen LogP contribution in [0.5, 0.6) is 0 Å². The van der Waals surface area contributed by atoms with E-state index < -0.39 is 36.0 Å². The summed E-state index contributed by atoms with van der Waals surface area (Å²) in [6.45, 7) is 7.24. The predicted molar refractivity (Wildman–Crippen MR) is 101 cm³/mol. The summed E-state index contributed by atoms with van der Waals surface area (Å²) in [4.78, 5) is 36.9. The Morgan fingerprint density at radius 1 is 1.43 bits per heavy atom. The molecule has 0 aromatic carbocycles. The molecule has 0 radical (unpaired) electrons. The van der Waals surface area contributed by atoms with Crippen molar-refractivity contribution in [2.45, 2.75) is 51.7 Å². The van der Waals surface area contributed by atoms with E-state index in [1.54, 1.807) is 19.1 Å². The van der Waals surface area contributed by atoms with Gasteiger partial charge in [0.1, 0.15) is 12.2 Å². The molecule has 0 spiro atoms. The van der Waals surface area contributed by atoms with Gasteiger partial charge in [-0.25, -0.2) is 9.59 Å². The number of rotatable bonds is 5. The Balaban J connectivity index is 2.47. The normalized spacial score (nSPS) is 30.1. The van der Waals surface area contributed by atoms with Gasteiger partial charge in [0.25, 0.3) is 0 Å². The van der Waals surface area contributed by atoms with Gasteiger partial charge >= 0.3 is 17.9 Å². The van der Waals surface area contributed by atoms with Gasteiger partial charge in [0, 0.05) is 17.6 Å². The van der Waals surface area contributed by atoms with E-state index in [9.17, 15) is 19.5 Å². The summed E-state index contributed by atoms with van der Waals surface area (Å²) in [7, 11) is 1.28. The van der Waals surface area contributed by atoms with Gasteiger partial charge in [-0.15, -0.1) is 0 Å². The molecule has 1 fully saturated rings. The van der Waals surface area contributed by atoms with Gasteiger partial charge in [0.15, 0.2) is 0 Å². The maximum Gasteiger partial charge on any atom is 0.334 e. The zero-order chi connectivity index (χ0) is 20.8. The quantitative estimate of drug-likeness (QED) is 0.331. The second-order valence-electron chi connectivity index (χ2n) is 7.15. The number of carbonyl (C=O) groups excluding carboxylic acids is 3. The molecule has 2 aliphatic rings. The summed E-state index contributed by atoms with van der Waals surface area (Å²) < 4.78 is 16.0. The number of carbonyl (C=O) groups is 3. The lowest BCUT2D eigenvalue weighted by Gasteiger charge is -2.28. The number of fused-ring (bicyclic) bond motifs is 1. The Labute approximate surface area is 165 Å². The minimum absolute atomic E-state index is 0.0912. The molecule has 1 saturated heterocycles. The summed E-state index contributed by atoms with van der Waals surface area (Å²) in [6, 6.07) is 0. The van der Waals surface area contributed by atoms with E-state index in [4.69, 9.17) is 14.2 Å². The van der Waals surface area contributed by atoms with E-state index in [0.29, 0.717) is 30.4 Å². The van der Waals surface area contributed by atoms with Crippen LogP contribution in [-0.2, 0) is 28.6 Å². The summed E-state index contributed by atoms with van der Waals surface area (Å²) in [5, 5.41) is 9.63. The lowest BCUT2D eigenvalue weighted by Crippen LogP contribution is -2.35. The molecule has 1 aliphatic carbocycles. The van der Waals surface area contributed by atoms with E-state index in [1.807, 2.05) is 6.92 Å². The van der Waals surface area contributed by atoms with Crippen LogP contribution in [0.2, 0.25) is 0 Å². The van der Waals surface area contributed by atoms with Crippen molar-refractivity contribution < 1.29 is 33.7 Å². The van der Waals surface area contributed by atoms with Crippen molar-refractivity contribution in [2.75, 3.05) is 13.7 Å². The minimum atomic E-state index is -0.815. The van der Waals surface area contributed by atoms with Crippen molar-refractivity contribution in [3.63, 3.8) is 0 Å². The third-order valence-electron chi connectivity index (χ3n) is 5.27. The Morgan fingerprint density at radius 3 is 2.75 bits per heavy atom. The molecular formula is C21H28O7. The highest BCUT2D eigenvalue weighted by Crippen LogP contribution is 2.36. The highest BCUT2D eigenvalue weighted by Gasteiger charge is 2.45. The number of methoxy groups -OCH3 is 1. The van der Waals surface area contributed by atoms with Crippen LogP contribution in [0, 0.1) is 11.8 Å². The van der Waals surface area contributed by atoms with Gasteiger partial charge < -0.3 is 19.3 Å². The topological polar surface area (TPSA) is 99.1 Å². The molecule has 0 aromatic rings.